The van der Waals surface area contributed by atoms with Gasteiger partial charge in [-0.05, 0) is 68.8 Å². The third kappa shape index (κ3) is 4.02. The lowest BCUT2D eigenvalue weighted by atomic mass is 9.53. The maximum atomic E-state index is 16.8. The summed E-state index contributed by atoms with van der Waals surface area (Å²) in [5.74, 6) is 1.26. The van der Waals surface area contributed by atoms with Crippen molar-refractivity contribution in [3.8, 4) is 35.4 Å². The van der Waals surface area contributed by atoms with E-state index in [1.165, 1.54) is 30.5 Å². The molecule has 8 nitrogen and oxygen atoms in total. The second-order valence-electron chi connectivity index (χ2n) is 12.5. The van der Waals surface area contributed by atoms with Crippen LogP contribution in [0.25, 0.3) is 32.9 Å². The van der Waals surface area contributed by atoms with Gasteiger partial charge in [0.05, 0.1) is 10.9 Å². The Hall–Kier alpha value is -3.94. The number of hydrogen-bond acceptors (Lipinski definition) is 8. The van der Waals surface area contributed by atoms with Gasteiger partial charge in [-0.15, -0.1) is 6.42 Å². The fourth-order valence-electron chi connectivity index (χ4n) is 7.92. The Kier molecular flexibility index (Phi) is 6.13. The lowest BCUT2D eigenvalue weighted by molar-refractivity contribution is 0.0506. The number of terminal acetylenes is 1. The minimum Gasteiger partial charge on any atom is -0.508 e. The molecule has 2 aromatic carbocycles. The predicted octanol–water partition coefficient (Wildman–Crippen LogP) is 3.36. The van der Waals surface area contributed by atoms with E-state index < -0.39 is 22.6 Å². The average molecular weight is 588 g/mol. The number of anilines is 1. The van der Waals surface area contributed by atoms with E-state index in [0.29, 0.717) is 41.8 Å². The summed E-state index contributed by atoms with van der Waals surface area (Å²) in [5, 5.41) is 13.5. The summed E-state index contributed by atoms with van der Waals surface area (Å²) in [6.07, 6.45) is 11.7. The first kappa shape index (κ1) is 27.6. The van der Waals surface area contributed by atoms with Gasteiger partial charge >= 0.3 is 6.01 Å². The molecular weight excluding hydrogens is 560 g/mol. The maximum absolute atomic E-state index is 16.8. The first-order chi connectivity index (χ1) is 21.2. The van der Waals surface area contributed by atoms with Crippen molar-refractivity contribution in [3.05, 3.63) is 47.7 Å². The van der Waals surface area contributed by atoms with E-state index >= 15 is 4.39 Å². The molecule has 5 saturated heterocycles. The number of halogens is 2. The minimum absolute atomic E-state index is 0.0552. The number of nitrogens with zero attached hydrogens (tertiary/aromatic N) is 5. The molecule has 218 valence electrons. The van der Waals surface area contributed by atoms with Crippen molar-refractivity contribution < 1.29 is 18.6 Å². The maximum Gasteiger partial charge on any atom is 0.318 e. The van der Waals surface area contributed by atoms with Crippen LogP contribution in [0.4, 0.5) is 14.6 Å². The van der Waals surface area contributed by atoms with Gasteiger partial charge in [0, 0.05) is 53.3 Å². The van der Waals surface area contributed by atoms with E-state index in [2.05, 4.69) is 31.0 Å². The highest BCUT2D eigenvalue weighted by Crippen LogP contribution is 2.46. The Morgan fingerprint density at radius 1 is 1.11 bits per heavy atom. The molecule has 7 heterocycles. The molecule has 9 rings (SSSR count). The molecule has 2 atom stereocenters. The lowest BCUT2D eigenvalue weighted by Crippen LogP contribution is -2.67. The van der Waals surface area contributed by atoms with Crippen LogP contribution >= 0.6 is 0 Å². The van der Waals surface area contributed by atoms with Gasteiger partial charge in [0.15, 0.2) is 5.82 Å². The summed E-state index contributed by atoms with van der Waals surface area (Å²) in [5.41, 5.74) is -0.696. The average Bonchev–Trinajstić information content (AvgIpc) is 3.60. The van der Waals surface area contributed by atoms with Crippen molar-refractivity contribution in [2.45, 2.75) is 55.1 Å². The zero-order valence-electron chi connectivity index (χ0n) is 24.0. The van der Waals surface area contributed by atoms with Gasteiger partial charge in [-0.2, -0.15) is 9.97 Å². The van der Waals surface area contributed by atoms with Crippen molar-refractivity contribution in [1.82, 2.24) is 25.2 Å². The monoisotopic (exact) mass is 588 g/mol. The first-order valence-electron chi connectivity index (χ1n) is 15.0. The topological polar surface area (TPSA) is 86.6 Å². The number of aromatic nitrogens is 3. The Labute approximate surface area is 256 Å². The summed E-state index contributed by atoms with van der Waals surface area (Å²) >= 11 is 0. The zero-order valence-corrected chi connectivity index (χ0v) is 24.0. The molecule has 4 radical (unpaired) electrons. The van der Waals surface area contributed by atoms with Crippen LogP contribution in [0.1, 0.15) is 37.7 Å². The second kappa shape index (κ2) is 9.78. The molecule has 5 aliphatic heterocycles. The molecule has 2 unspecified atom stereocenters. The second-order valence-corrected chi connectivity index (χ2v) is 12.5. The van der Waals surface area contributed by atoms with Crippen molar-refractivity contribution in [2.75, 3.05) is 31.1 Å². The Morgan fingerprint density at radius 2 is 1.84 bits per heavy atom. The number of fused-ring (bicyclic) bond motifs is 5. The Balaban J connectivity index is 1.31. The summed E-state index contributed by atoms with van der Waals surface area (Å²) in [6.45, 7) is 3.10. The van der Waals surface area contributed by atoms with Gasteiger partial charge in [-0.1, -0.05) is 12.0 Å². The van der Waals surface area contributed by atoms with Gasteiger partial charge in [0.1, 0.15) is 44.3 Å². The van der Waals surface area contributed by atoms with Crippen LogP contribution in [0.2, 0.25) is 0 Å². The number of phenolic OH excluding ortho intramolecular Hbond substituents is 1. The van der Waals surface area contributed by atoms with Crippen LogP contribution in [0.3, 0.4) is 0 Å². The van der Waals surface area contributed by atoms with E-state index in [1.807, 2.05) is 0 Å². The smallest absolute Gasteiger partial charge is 0.318 e. The molecule has 2 bridgehead atoms. The van der Waals surface area contributed by atoms with Crippen LogP contribution in [0.5, 0.6) is 11.8 Å². The van der Waals surface area contributed by atoms with E-state index in [-0.39, 0.29) is 39.5 Å². The highest BCUT2D eigenvalue weighted by Gasteiger charge is 2.55. The number of hydrogen-bond donors (Lipinski definition) is 2. The fraction of sp³-hybridized carbons (Fsp3) is 0.406. The molecule has 12 heteroatoms. The number of aromatic hydroxyl groups is 1. The largest absolute Gasteiger partial charge is 0.508 e. The van der Waals surface area contributed by atoms with Crippen molar-refractivity contribution in [2.24, 2.45) is 0 Å². The van der Waals surface area contributed by atoms with E-state index in [1.54, 1.807) is 0 Å². The number of ether oxygens (including phenoxy) is 1. The molecule has 0 amide bonds. The SMILES string of the molecule is [B]C([B])(Oc1nc(N2CC3CC(C2)N3)c2cnc(-c3cc(O)cc4ccc(F)c(C#C)c34)c(F)c2n1)C12CCCN1CCC2. The number of piperazine rings is 1. The molecule has 5 fully saturated rings. The molecule has 4 aromatic rings. The molecule has 5 aliphatic rings. The predicted molar refractivity (Wildman–Crippen MR) is 165 cm³/mol. The Bertz CT molecular complexity index is 1870. The third-order valence-corrected chi connectivity index (χ3v) is 9.95. The number of pyridine rings is 1. The zero-order chi connectivity index (χ0) is 30.4. The normalized spacial score (nSPS) is 22.6. The number of piperidine rings is 1. The first-order valence-corrected chi connectivity index (χ1v) is 15.0. The van der Waals surface area contributed by atoms with Gasteiger partial charge in [-0.3, -0.25) is 9.88 Å². The van der Waals surface area contributed by atoms with Crippen molar-refractivity contribution in [1.29, 1.82) is 0 Å². The van der Waals surface area contributed by atoms with Crippen molar-refractivity contribution >= 4 is 43.2 Å². The Morgan fingerprint density at radius 3 is 2.55 bits per heavy atom. The van der Waals surface area contributed by atoms with Gasteiger partial charge in [-0.25, -0.2) is 8.78 Å². The minimum atomic E-state index is -1.62. The number of rotatable bonds is 5. The molecule has 0 saturated carbocycles. The number of phenols is 1. The molecule has 2 aromatic heterocycles. The van der Waals surface area contributed by atoms with Gasteiger partial charge in [0.25, 0.3) is 0 Å². The van der Waals surface area contributed by atoms with Crippen molar-refractivity contribution in [3.63, 3.8) is 0 Å². The summed E-state index contributed by atoms with van der Waals surface area (Å²) in [7, 11) is 13.5. The summed E-state index contributed by atoms with van der Waals surface area (Å²) < 4.78 is 37.8. The lowest BCUT2D eigenvalue weighted by Gasteiger charge is -2.49. The molecule has 0 aliphatic carbocycles. The van der Waals surface area contributed by atoms with Crippen LogP contribution in [-0.2, 0) is 0 Å². The highest BCUT2D eigenvalue weighted by atomic mass is 19.1. The van der Waals surface area contributed by atoms with Crippen LogP contribution in [0, 0.1) is 24.0 Å². The standard InChI is InChI=1S/C32H28B2F2N6O2/c1-2-21-24(35)6-5-17-11-20(43)13-22(25(17)21)27-26(36)28-23(14-37-27)29(41-15-18-12-19(16-41)38-18)40-30(39-28)44-32(33,34)31-7-3-9-42(31)10-4-8-31/h1,5-6,11,13-14,18-19,38,43H,3-4,7-10,12,15-16H2. The van der Waals surface area contributed by atoms with E-state index in [4.69, 9.17) is 31.8 Å². The van der Waals surface area contributed by atoms with Crippen LogP contribution in [0.15, 0.2) is 30.5 Å². The summed E-state index contributed by atoms with van der Waals surface area (Å²) in [4.78, 5) is 18.1. The van der Waals surface area contributed by atoms with Crippen LogP contribution < -0.4 is 15.0 Å². The fourth-order valence-corrected chi connectivity index (χ4v) is 7.92. The van der Waals surface area contributed by atoms with Crippen LogP contribution in [-0.4, -0.2) is 89.9 Å². The highest BCUT2D eigenvalue weighted by molar-refractivity contribution is 6.40. The molecular formula is C32H28B2F2N6O2. The van der Waals surface area contributed by atoms with E-state index in [0.717, 1.165) is 45.2 Å². The summed E-state index contributed by atoms with van der Waals surface area (Å²) in [6, 6.07) is 5.91. The third-order valence-electron chi connectivity index (χ3n) is 9.95. The molecule has 0 spiro atoms. The van der Waals surface area contributed by atoms with E-state index in [9.17, 15) is 9.50 Å². The van der Waals surface area contributed by atoms with Gasteiger partial charge in [0.2, 0.25) is 0 Å². The van der Waals surface area contributed by atoms with Gasteiger partial charge < -0.3 is 20.1 Å². The number of benzene rings is 2. The molecule has 2 N–H and O–H groups in total. The number of nitrogens with one attached hydrogen (secondary N) is 1. The molecule has 44 heavy (non-hydrogen) atoms. The quantitative estimate of drug-likeness (QED) is 0.272.